The molecule has 0 fully saturated rings. The molecule has 6 heteroatoms. The second-order valence-electron chi connectivity index (χ2n) is 3.31. The van der Waals surface area contributed by atoms with Crippen molar-refractivity contribution < 1.29 is 8.42 Å². The minimum absolute atomic E-state index is 0.202. The number of rotatable bonds is 4. The van der Waals surface area contributed by atoms with Gasteiger partial charge in [0.25, 0.3) is 0 Å². The van der Waals surface area contributed by atoms with Crippen LogP contribution in [0.15, 0.2) is 23.2 Å². The highest BCUT2D eigenvalue weighted by molar-refractivity contribution is 7.89. The standard InChI is InChI=1S/C9H15N3O2S/c1-12(2)15(13,14)9-4-3-8(5-6-10)11-7-9/h3-4,7H,5-6,10H2,1-2H3. The molecular weight excluding hydrogens is 214 g/mol. The SMILES string of the molecule is CN(C)S(=O)(=O)c1ccc(CCN)nc1. The zero-order valence-electron chi connectivity index (χ0n) is 8.84. The summed E-state index contributed by atoms with van der Waals surface area (Å²) in [5.74, 6) is 0. The third-order valence-electron chi connectivity index (χ3n) is 1.98. The van der Waals surface area contributed by atoms with Gasteiger partial charge in [0.15, 0.2) is 0 Å². The number of nitrogens with zero attached hydrogens (tertiary/aromatic N) is 2. The van der Waals surface area contributed by atoms with Crippen molar-refractivity contribution in [1.29, 1.82) is 0 Å². The van der Waals surface area contributed by atoms with Crippen LogP contribution >= 0.6 is 0 Å². The van der Waals surface area contributed by atoms with Crippen LogP contribution in [0.2, 0.25) is 0 Å². The van der Waals surface area contributed by atoms with E-state index in [9.17, 15) is 8.42 Å². The van der Waals surface area contributed by atoms with Crippen molar-refractivity contribution in [3.8, 4) is 0 Å². The average molecular weight is 229 g/mol. The van der Waals surface area contributed by atoms with Crippen LogP contribution in [0, 0.1) is 0 Å². The first-order valence-electron chi connectivity index (χ1n) is 4.56. The summed E-state index contributed by atoms with van der Waals surface area (Å²) in [5.41, 5.74) is 6.17. The fraction of sp³-hybridized carbons (Fsp3) is 0.444. The Bertz CT molecular complexity index is 411. The smallest absolute Gasteiger partial charge is 0.244 e. The van der Waals surface area contributed by atoms with Crippen LogP contribution in [0.5, 0.6) is 0 Å². The Labute approximate surface area is 90.0 Å². The molecule has 0 spiro atoms. The normalized spacial score (nSPS) is 12.0. The van der Waals surface area contributed by atoms with E-state index in [1.807, 2.05) is 0 Å². The Balaban J connectivity index is 2.99. The van der Waals surface area contributed by atoms with Gasteiger partial charge in [-0.05, 0) is 18.7 Å². The maximum Gasteiger partial charge on any atom is 0.244 e. The zero-order valence-corrected chi connectivity index (χ0v) is 9.66. The van der Waals surface area contributed by atoms with Crippen molar-refractivity contribution in [3.63, 3.8) is 0 Å². The highest BCUT2D eigenvalue weighted by atomic mass is 32.2. The molecule has 0 aliphatic heterocycles. The van der Waals surface area contributed by atoms with Crippen LogP contribution in [0.1, 0.15) is 5.69 Å². The molecule has 84 valence electrons. The van der Waals surface area contributed by atoms with Crippen molar-refractivity contribution in [1.82, 2.24) is 9.29 Å². The lowest BCUT2D eigenvalue weighted by atomic mass is 10.3. The van der Waals surface area contributed by atoms with Gasteiger partial charge in [0.05, 0.1) is 0 Å². The molecule has 2 N–H and O–H groups in total. The van der Waals surface area contributed by atoms with E-state index in [2.05, 4.69) is 4.98 Å². The highest BCUT2D eigenvalue weighted by Gasteiger charge is 2.16. The van der Waals surface area contributed by atoms with Crippen LogP contribution in [-0.4, -0.2) is 38.3 Å². The van der Waals surface area contributed by atoms with Crippen molar-refractivity contribution in [2.24, 2.45) is 5.73 Å². The Hall–Kier alpha value is -0.980. The summed E-state index contributed by atoms with van der Waals surface area (Å²) in [4.78, 5) is 4.23. The number of nitrogens with two attached hydrogens (primary N) is 1. The lowest BCUT2D eigenvalue weighted by Gasteiger charge is -2.10. The van der Waals surface area contributed by atoms with Gasteiger partial charge in [-0.15, -0.1) is 0 Å². The molecule has 0 atom stereocenters. The van der Waals surface area contributed by atoms with Gasteiger partial charge < -0.3 is 5.73 Å². The number of hydrogen-bond acceptors (Lipinski definition) is 4. The summed E-state index contributed by atoms with van der Waals surface area (Å²) < 4.78 is 24.5. The van der Waals surface area contributed by atoms with E-state index in [4.69, 9.17) is 5.73 Å². The van der Waals surface area contributed by atoms with Gasteiger partial charge in [-0.25, -0.2) is 12.7 Å². The van der Waals surface area contributed by atoms with E-state index in [1.54, 1.807) is 12.1 Å². The van der Waals surface area contributed by atoms with Crippen LogP contribution in [0.4, 0.5) is 0 Å². The van der Waals surface area contributed by atoms with Crippen LogP contribution < -0.4 is 5.73 Å². The molecule has 0 aliphatic rings. The monoisotopic (exact) mass is 229 g/mol. The van der Waals surface area contributed by atoms with Crippen molar-refractivity contribution >= 4 is 10.0 Å². The first-order valence-corrected chi connectivity index (χ1v) is 6.00. The van der Waals surface area contributed by atoms with E-state index in [1.165, 1.54) is 20.3 Å². The first-order chi connectivity index (χ1) is 6.98. The fourth-order valence-corrected chi connectivity index (χ4v) is 1.92. The highest BCUT2D eigenvalue weighted by Crippen LogP contribution is 2.11. The van der Waals surface area contributed by atoms with Gasteiger partial charge in [0, 0.05) is 32.4 Å². The van der Waals surface area contributed by atoms with Crippen LogP contribution in [0.3, 0.4) is 0 Å². The molecule has 5 nitrogen and oxygen atoms in total. The summed E-state index contributed by atoms with van der Waals surface area (Å²) in [6.07, 6.45) is 2.02. The van der Waals surface area contributed by atoms with Crippen LogP contribution in [-0.2, 0) is 16.4 Å². The largest absolute Gasteiger partial charge is 0.330 e. The Morgan fingerprint density at radius 3 is 2.47 bits per heavy atom. The maximum absolute atomic E-state index is 11.7. The summed E-state index contributed by atoms with van der Waals surface area (Å²) in [5, 5.41) is 0. The van der Waals surface area contributed by atoms with E-state index < -0.39 is 10.0 Å². The van der Waals surface area contributed by atoms with Gasteiger partial charge in [0.1, 0.15) is 4.90 Å². The summed E-state index contributed by atoms with van der Waals surface area (Å²) in [6.45, 7) is 0.507. The Kier molecular flexibility index (Phi) is 3.78. The van der Waals surface area contributed by atoms with E-state index in [0.29, 0.717) is 13.0 Å². The molecule has 0 aliphatic carbocycles. The Morgan fingerprint density at radius 1 is 1.40 bits per heavy atom. The second-order valence-corrected chi connectivity index (χ2v) is 5.46. The zero-order chi connectivity index (χ0) is 11.5. The second kappa shape index (κ2) is 4.69. The number of sulfonamides is 1. The minimum Gasteiger partial charge on any atom is -0.330 e. The van der Waals surface area contributed by atoms with Crippen molar-refractivity contribution in [3.05, 3.63) is 24.0 Å². The summed E-state index contributed by atoms with van der Waals surface area (Å²) >= 11 is 0. The maximum atomic E-state index is 11.7. The molecule has 0 unspecified atom stereocenters. The average Bonchev–Trinajstić information content (AvgIpc) is 2.19. The third kappa shape index (κ3) is 2.74. The van der Waals surface area contributed by atoms with E-state index >= 15 is 0 Å². The quantitative estimate of drug-likeness (QED) is 0.778. The van der Waals surface area contributed by atoms with E-state index in [-0.39, 0.29) is 4.90 Å². The molecule has 15 heavy (non-hydrogen) atoms. The van der Waals surface area contributed by atoms with E-state index in [0.717, 1.165) is 10.00 Å². The topological polar surface area (TPSA) is 76.3 Å². The Morgan fingerprint density at radius 2 is 2.07 bits per heavy atom. The predicted molar refractivity (Wildman–Crippen MR) is 57.9 cm³/mol. The van der Waals surface area contributed by atoms with Crippen molar-refractivity contribution in [2.75, 3.05) is 20.6 Å². The molecule has 1 rings (SSSR count). The predicted octanol–water partition coefficient (Wildman–Crippen LogP) is -0.167. The van der Waals surface area contributed by atoms with Crippen LogP contribution in [0.25, 0.3) is 0 Å². The molecule has 0 saturated carbocycles. The number of aromatic nitrogens is 1. The molecule has 0 radical (unpaired) electrons. The van der Waals surface area contributed by atoms with Gasteiger partial charge in [0.2, 0.25) is 10.0 Å². The molecule has 0 saturated heterocycles. The molecule has 0 bridgehead atoms. The lowest BCUT2D eigenvalue weighted by Crippen LogP contribution is -2.22. The molecule has 1 aromatic heterocycles. The van der Waals surface area contributed by atoms with Gasteiger partial charge in [-0.1, -0.05) is 0 Å². The van der Waals surface area contributed by atoms with Gasteiger partial charge >= 0.3 is 0 Å². The summed E-state index contributed by atoms with van der Waals surface area (Å²) in [6, 6.07) is 3.23. The first kappa shape index (κ1) is 12.1. The van der Waals surface area contributed by atoms with Gasteiger partial charge in [-0.3, -0.25) is 4.98 Å². The fourth-order valence-electron chi connectivity index (χ4n) is 1.07. The molecular formula is C9H15N3O2S. The lowest BCUT2D eigenvalue weighted by molar-refractivity contribution is 0.520. The molecule has 0 aromatic carbocycles. The number of pyridine rings is 1. The molecule has 0 amide bonds. The van der Waals surface area contributed by atoms with Crippen molar-refractivity contribution in [2.45, 2.75) is 11.3 Å². The third-order valence-corrected chi connectivity index (χ3v) is 3.78. The summed E-state index contributed by atoms with van der Waals surface area (Å²) in [7, 11) is -0.391. The van der Waals surface area contributed by atoms with Gasteiger partial charge in [-0.2, -0.15) is 0 Å². The minimum atomic E-state index is -3.37. The molecule has 1 heterocycles. The number of hydrogen-bond donors (Lipinski definition) is 1. The molecule has 1 aromatic rings.